The summed E-state index contributed by atoms with van der Waals surface area (Å²) in [7, 11) is 0. The fraction of sp³-hybridized carbons (Fsp3) is 0.625. The molecule has 0 radical (unpaired) electrons. The van der Waals surface area contributed by atoms with Crippen molar-refractivity contribution in [3.8, 4) is 0 Å². The molecule has 96 valence electrons. The Hall–Kier alpha value is -0.0900. The number of anilines is 2. The molecule has 1 N–H and O–H groups in total. The topological polar surface area (TPSA) is 53.9 Å². The zero-order valence-corrected chi connectivity index (χ0v) is 12.8. The second kappa shape index (κ2) is 6.74. The Balaban J connectivity index is 3.10. The Bertz CT molecular complexity index is 368. The van der Waals surface area contributed by atoms with Crippen molar-refractivity contribution in [1.82, 2.24) is 15.0 Å². The van der Waals surface area contributed by atoms with Crippen molar-refractivity contribution >= 4 is 52.8 Å². The number of nitrogens with one attached hydrogen (secondary N) is 1. The molecule has 0 aliphatic carbocycles. The second-order valence-electron chi connectivity index (χ2n) is 3.41. The van der Waals surface area contributed by atoms with Gasteiger partial charge in [0.25, 0.3) is 0 Å². The van der Waals surface area contributed by atoms with E-state index >= 15 is 0 Å². The van der Waals surface area contributed by atoms with Gasteiger partial charge in [0.05, 0.1) is 0 Å². The molecule has 17 heavy (non-hydrogen) atoms. The lowest BCUT2D eigenvalue weighted by Crippen LogP contribution is -2.25. The highest BCUT2D eigenvalue weighted by Crippen LogP contribution is 2.53. The van der Waals surface area contributed by atoms with E-state index in [4.69, 9.17) is 34.1 Å². The van der Waals surface area contributed by atoms with Crippen LogP contribution in [0.25, 0.3) is 0 Å². The van der Waals surface area contributed by atoms with Gasteiger partial charge in [-0.1, -0.05) is 22.5 Å². The molecule has 1 aromatic rings. The maximum atomic E-state index is 5.95. The summed E-state index contributed by atoms with van der Waals surface area (Å²) in [4.78, 5) is 12.2. The number of aromatic nitrogens is 3. The van der Waals surface area contributed by atoms with Crippen LogP contribution in [0.5, 0.6) is 0 Å². The van der Waals surface area contributed by atoms with Gasteiger partial charge in [-0.05, 0) is 32.4 Å². The lowest BCUT2D eigenvalue weighted by molar-refractivity contribution is 0.802. The molecule has 1 rings (SSSR count). The van der Waals surface area contributed by atoms with E-state index in [0.717, 1.165) is 0 Å². The van der Waals surface area contributed by atoms with Crippen LogP contribution in [0.3, 0.4) is 0 Å². The van der Waals surface area contributed by atoms with E-state index in [-0.39, 0.29) is 11.3 Å². The van der Waals surface area contributed by atoms with Gasteiger partial charge in [-0.25, -0.2) is 0 Å². The summed E-state index contributed by atoms with van der Waals surface area (Å²) in [5.41, 5.74) is 0. The summed E-state index contributed by atoms with van der Waals surface area (Å²) in [5, 5.41) is 3.08. The first-order valence-electron chi connectivity index (χ1n) is 5.02. The molecule has 9 heteroatoms. The van der Waals surface area contributed by atoms with Gasteiger partial charge in [0.1, 0.15) is 0 Å². The van der Waals surface area contributed by atoms with Crippen LogP contribution in [-0.4, -0.2) is 27.5 Å². The predicted octanol–water partition coefficient (Wildman–Crippen LogP) is 3.88. The Morgan fingerprint density at radius 3 is 2.41 bits per heavy atom. The molecule has 0 spiro atoms. The lowest BCUT2D eigenvalue weighted by atomic mass is 10.4. The van der Waals surface area contributed by atoms with Crippen molar-refractivity contribution in [3.05, 3.63) is 5.28 Å². The second-order valence-corrected chi connectivity index (χ2v) is 7.05. The molecule has 0 atom stereocenters. The highest BCUT2D eigenvalue weighted by atomic mass is 35.9. The maximum Gasteiger partial charge on any atom is 0.236 e. The molecule has 0 saturated carbocycles. The highest BCUT2D eigenvalue weighted by molar-refractivity contribution is 8.04. The van der Waals surface area contributed by atoms with E-state index in [0.29, 0.717) is 18.4 Å². The van der Waals surface area contributed by atoms with E-state index < -0.39 is 6.78 Å². The SMILES string of the molecule is CCNc1nc(Cl)nc(N(C(C)C)P(Cl)Cl)n1. The monoisotopic (exact) mass is 315 g/mol. The minimum atomic E-state index is -1.38. The average molecular weight is 317 g/mol. The van der Waals surface area contributed by atoms with Crippen molar-refractivity contribution in [2.24, 2.45) is 0 Å². The van der Waals surface area contributed by atoms with Gasteiger partial charge in [0, 0.05) is 12.6 Å². The molecule has 1 aromatic heterocycles. The third kappa shape index (κ3) is 4.25. The van der Waals surface area contributed by atoms with E-state index in [9.17, 15) is 0 Å². The molecular weight excluding hydrogens is 303 g/mol. The first kappa shape index (κ1) is 15.0. The Labute approximate surface area is 116 Å². The van der Waals surface area contributed by atoms with Gasteiger partial charge >= 0.3 is 0 Å². The number of hydrogen-bond acceptors (Lipinski definition) is 5. The van der Waals surface area contributed by atoms with Gasteiger partial charge in [0.2, 0.25) is 17.2 Å². The van der Waals surface area contributed by atoms with Gasteiger partial charge in [-0.3, -0.25) is 4.67 Å². The minimum Gasteiger partial charge on any atom is -0.354 e. The first-order chi connectivity index (χ1) is 7.95. The summed E-state index contributed by atoms with van der Waals surface area (Å²) in [5.74, 6) is 0.797. The maximum absolute atomic E-state index is 5.95. The predicted molar refractivity (Wildman–Crippen MR) is 75.2 cm³/mol. The van der Waals surface area contributed by atoms with Crippen LogP contribution in [0.15, 0.2) is 0 Å². The summed E-state index contributed by atoms with van der Waals surface area (Å²) in [6, 6.07) is 0.0732. The van der Waals surface area contributed by atoms with Gasteiger partial charge in [-0.2, -0.15) is 15.0 Å². The molecule has 0 aliphatic heterocycles. The molecule has 0 saturated heterocycles. The molecule has 5 nitrogen and oxygen atoms in total. The zero-order valence-electron chi connectivity index (χ0n) is 9.65. The molecule has 0 fully saturated rings. The van der Waals surface area contributed by atoms with Crippen molar-refractivity contribution in [1.29, 1.82) is 0 Å². The summed E-state index contributed by atoms with van der Waals surface area (Å²) in [6.45, 7) is 5.15. The van der Waals surface area contributed by atoms with Crippen molar-refractivity contribution in [2.45, 2.75) is 26.8 Å². The highest BCUT2D eigenvalue weighted by Gasteiger charge is 2.22. The molecule has 0 aromatic carbocycles. The van der Waals surface area contributed by atoms with Gasteiger partial charge < -0.3 is 5.32 Å². The lowest BCUT2D eigenvalue weighted by Gasteiger charge is -2.26. The fourth-order valence-corrected chi connectivity index (χ4v) is 3.33. The number of rotatable bonds is 5. The van der Waals surface area contributed by atoms with Gasteiger partial charge in [0.15, 0.2) is 6.78 Å². The summed E-state index contributed by atoms with van der Waals surface area (Å²) in [6.07, 6.45) is 0. The molecule has 0 aliphatic rings. The van der Waals surface area contributed by atoms with Gasteiger partial charge in [-0.15, -0.1) is 0 Å². The number of hydrogen-bond donors (Lipinski definition) is 1. The summed E-state index contributed by atoms with van der Waals surface area (Å²) < 4.78 is 1.70. The van der Waals surface area contributed by atoms with E-state index in [1.165, 1.54) is 0 Å². The van der Waals surface area contributed by atoms with Crippen molar-refractivity contribution < 1.29 is 0 Å². The summed E-state index contributed by atoms with van der Waals surface area (Å²) >= 11 is 17.7. The first-order valence-corrected chi connectivity index (χ1v) is 8.50. The van der Waals surface area contributed by atoms with E-state index in [1.807, 2.05) is 20.8 Å². The molecule has 1 heterocycles. The van der Waals surface area contributed by atoms with Crippen molar-refractivity contribution in [2.75, 3.05) is 16.5 Å². The molecular formula is C8H13Cl3N5P. The van der Waals surface area contributed by atoms with E-state index in [2.05, 4.69) is 20.3 Å². The van der Waals surface area contributed by atoms with Crippen LogP contribution in [0.1, 0.15) is 20.8 Å². The molecule has 0 unspecified atom stereocenters. The third-order valence-electron chi connectivity index (χ3n) is 1.79. The quantitative estimate of drug-likeness (QED) is 0.836. The fourth-order valence-electron chi connectivity index (χ4n) is 1.15. The smallest absolute Gasteiger partial charge is 0.236 e. The normalized spacial score (nSPS) is 11.1. The third-order valence-corrected chi connectivity index (χ3v) is 3.90. The van der Waals surface area contributed by atoms with Crippen LogP contribution in [0.2, 0.25) is 5.28 Å². The van der Waals surface area contributed by atoms with Crippen LogP contribution in [0.4, 0.5) is 11.9 Å². The number of nitrogens with zero attached hydrogens (tertiary/aromatic N) is 4. The zero-order chi connectivity index (χ0) is 13.0. The number of halogens is 3. The minimum absolute atomic E-state index is 0.0732. The van der Waals surface area contributed by atoms with Crippen LogP contribution < -0.4 is 9.99 Å². The molecule has 0 bridgehead atoms. The largest absolute Gasteiger partial charge is 0.354 e. The van der Waals surface area contributed by atoms with E-state index in [1.54, 1.807) is 4.67 Å². The van der Waals surface area contributed by atoms with Crippen molar-refractivity contribution in [3.63, 3.8) is 0 Å². The standard InChI is InChI=1S/C8H13Cl3N5P/c1-4-12-7-13-6(9)14-8(15-7)16(5(2)3)17(10)11/h5H,4H2,1-3H3,(H,12,13,14,15). The van der Waals surface area contributed by atoms with Crippen LogP contribution >= 0.6 is 40.9 Å². The Morgan fingerprint density at radius 1 is 1.29 bits per heavy atom. The van der Waals surface area contributed by atoms with Crippen LogP contribution in [-0.2, 0) is 0 Å². The average Bonchev–Trinajstić information content (AvgIpc) is 2.15. The Kier molecular flexibility index (Phi) is 5.93. The van der Waals surface area contributed by atoms with Crippen LogP contribution in [0, 0.1) is 0 Å². The Morgan fingerprint density at radius 2 is 1.94 bits per heavy atom. The molecule has 0 amide bonds.